The van der Waals surface area contributed by atoms with Crippen molar-refractivity contribution in [1.82, 2.24) is 4.98 Å². The van der Waals surface area contributed by atoms with Crippen molar-refractivity contribution >= 4 is 40.0 Å². The highest BCUT2D eigenvalue weighted by molar-refractivity contribution is 14.1. The lowest BCUT2D eigenvalue weighted by atomic mass is 10.2. The summed E-state index contributed by atoms with van der Waals surface area (Å²) in [6.45, 7) is 0.730. The number of nitrogens with zero attached hydrogens (tertiary/aromatic N) is 1. The van der Waals surface area contributed by atoms with Gasteiger partial charge in [-0.3, -0.25) is 0 Å². The van der Waals surface area contributed by atoms with Gasteiger partial charge in [0.2, 0.25) is 0 Å². The molecule has 0 aliphatic rings. The van der Waals surface area contributed by atoms with Crippen LogP contribution in [0.4, 0.5) is 5.82 Å². The quantitative estimate of drug-likeness (QED) is 0.853. The van der Waals surface area contributed by atoms with E-state index in [0.717, 1.165) is 26.5 Å². The highest BCUT2D eigenvalue weighted by atomic mass is 127. The molecule has 1 aromatic carbocycles. The molecule has 1 heterocycles. The van der Waals surface area contributed by atoms with Gasteiger partial charge >= 0.3 is 0 Å². The van der Waals surface area contributed by atoms with Gasteiger partial charge in [0.25, 0.3) is 0 Å². The van der Waals surface area contributed by atoms with Gasteiger partial charge in [-0.15, -0.1) is 0 Å². The Morgan fingerprint density at radius 1 is 1.25 bits per heavy atom. The minimum Gasteiger partial charge on any atom is -0.366 e. The van der Waals surface area contributed by atoms with Gasteiger partial charge < -0.3 is 5.32 Å². The molecular weight excluding hydrogens is 335 g/mol. The Bertz CT molecular complexity index is 471. The van der Waals surface area contributed by atoms with Crippen LogP contribution in [0, 0.1) is 3.57 Å². The van der Waals surface area contributed by atoms with E-state index in [2.05, 4.69) is 32.9 Å². The van der Waals surface area contributed by atoms with Gasteiger partial charge in [-0.25, -0.2) is 4.98 Å². The average Bonchev–Trinajstić information content (AvgIpc) is 2.28. The molecule has 16 heavy (non-hydrogen) atoms. The lowest BCUT2D eigenvalue weighted by Crippen LogP contribution is -2.00. The fourth-order valence-corrected chi connectivity index (χ4v) is 1.85. The number of hydrogen-bond donors (Lipinski definition) is 1. The van der Waals surface area contributed by atoms with Gasteiger partial charge in [-0.05, 0) is 52.4 Å². The number of anilines is 1. The van der Waals surface area contributed by atoms with Crippen LogP contribution >= 0.6 is 34.2 Å². The normalized spacial score (nSPS) is 10.1. The molecule has 0 radical (unpaired) electrons. The van der Waals surface area contributed by atoms with Crippen LogP contribution in [-0.4, -0.2) is 4.98 Å². The highest BCUT2D eigenvalue weighted by Gasteiger charge is 1.96. The molecule has 0 atom stereocenters. The van der Waals surface area contributed by atoms with Crippen LogP contribution in [0.15, 0.2) is 42.6 Å². The highest BCUT2D eigenvalue weighted by Crippen LogP contribution is 2.12. The van der Waals surface area contributed by atoms with Gasteiger partial charge in [0.1, 0.15) is 5.82 Å². The maximum absolute atomic E-state index is 5.90. The largest absolute Gasteiger partial charge is 0.366 e. The molecule has 2 aromatic rings. The Morgan fingerprint density at radius 3 is 2.81 bits per heavy atom. The van der Waals surface area contributed by atoms with Gasteiger partial charge in [0.05, 0.1) is 0 Å². The third-order valence-corrected chi connectivity index (χ3v) is 2.96. The summed E-state index contributed by atoms with van der Waals surface area (Å²) in [5.74, 6) is 0.875. The first-order chi connectivity index (χ1) is 7.74. The number of rotatable bonds is 3. The number of aromatic nitrogens is 1. The zero-order valence-electron chi connectivity index (χ0n) is 8.45. The number of hydrogen-bond acceptors (Lipinski definition) is 2. The average molecular weight is 345 g/mol. The van der Waals surface area contributed by atoms with Crippen molar-refractivity contribution in [3.05, 3.63) is 56.8 Å². The minimum atomic E-state index is 0.730. The van der Waals surface area contributed by atoms with E-state index in [1.807, 2.05) is 42.6 Å². The molecule has 0 spiro atoms. The predicted molar refractivity (Wildman–Crippen MR) is 75.7 cm³/mol. The molecule has 0 saturated heterocycles. The van der Waals surface area contributed by atoms with Crippen LogP contribution in [0.3, 0.4) is 0 Å². The van der Waals surface area contributed by atoms with E-state index in [1.165, 1.54) is 0 Å². The number of nitrogens with one attached hydrogen (secondary N) is 1. The molecule has 0 saturated carbocycles. The number of benzene rings is 1. The molecule has 0 amide bonds. The molecule has 0 aliphatic carbocycles. The van der Waals surface area contributed by atoms with Crippen LogP contribution in [0.5, 0.6) is 0 Å². The zero-order valence-corrected chi connectivity index (χ0v) is 11.4. The molecule has 2 nitrogen and oxygen atoms in total. The van der Waals surface area contributed by atoms with E-state index in [0.29, 0.717) is 0 Å². The van der Waals surface area contributed by atoms with E-state index in [9.17, 15) is 0 Å². The molecule has 1 N–H and O–H groups in total. The molecule has 4 heteroatoms. The van der Waals surface area contributed by atoms with E-state index in [-0.39, 0.29) is 0 Å². The molecule has 1 aromatic heterocycles. The van der Waals surface area contributed by atoms with Crippen molar-refractivity contribution in [3.63, 3.8) is 0 Å². The second-order valence-electron chi connectivity index (χ2n) is 3.35. The smallest absolute Gasteiger partial charge is 0.126 e. The van der Waals surface area contributed by atoms with Crippen molar-refractivity contribution in [3.8, 4) is 0 Å². The third kappa shape index (κ3) is 3.35. The molecule has 0 fully saturated rings. The van der Waals surface area contributed by atoms with Crippen LogP contribution in [-0.2, 0) is 6.54 Å². The summed E-state index contributed by atoms with van der Waals surface area (Å²) >= 11 is 8.14. The van der Waals surface area contributed by atoms with E-state index >= 15 is 0 Å². The molecule has 0 aliphatic heterocycles. The number of pyridine rings is 1. The van der Waals surface area contributed by atoms with Crippen molar-refractivity contribution in [1.29, 1.82) is 0 Å². The van der Waals surface area contributed by atoms with Gasteiger partial charge in [-0.2, -0.15) is 0 Å². The Labute approximate surface area is 113 Å². The Kier molecular flexibility index (Phi) is 4.01. The van der Waals surface area contributed by atoms with Crippen LogP contribution < -0.4 is 5.32 Å². The summed E-state index contributed by atoms with van der Waals surface area (Å²) in [5, 5.41) is 4.00. The summed E-state index contributed by atoms with van der Waals surface area (Å²) in [7, 11) is 0. The Morgan fingerprint density at radius 2 is 2.12 bits per heavy atom. The summed E-state index contributed by atoms with van der Waals surface area (Å²) < 4.78 is 1.13. The second-order valence-corrected chi connectivity index (χ2v) is 5.03. The second kappa shape index (κ2) is 5.50. The SMILES string of the molecule is Clc1cccc(CNc2ccc(I)cn2)c1. The third-order valence-electron chi connectivity index (χ3n) is 2.09. The Balaban J connectivity index is 1.99. The minimum absolute atomic E-state index is 0.730. The first-order valence-corrected chi connectivity index (χ1v) is 6.29. The van der Waals surface area contributed by atoms with Gasteiger partial charge in [0.15, 0.2) is 0 Å². The fraction of sp³-hybridized carbons (Fsp3) is 0.0833. The summed E-state index contributed by atoms with van der Waals surface area (Å²) in [6, 6.07) is 11.8. The molecular formula is C12H10ClIN2. The lowest BCUT2D eigenvalue weighted by Gasteiger charge is -2.05. The van der Waals surface area contributed by atoms with E-state index < -0.39 is 0 Å². The van der Waals surface area contributed by atoms with Crippen LogP contribution in [0.2, 0.25) is 5.02 Å². The number of halogens is 2. The standard InChI is InChI=1S/C12H10ClIN2/c13-10-3-1-2-9(6-10)7-15-12-5-4-11(14)8-16-12/h1-6,8H,7H2,(H,15,16). The molecule has 82 valence electrons. The maximum atomic E-state index is 5.90. The van der Waals surface area contributed by atoms with Crippen LogP contribution in [0.25, 0.3) is 0 Å². The van der Waals surface area contributed by atoms with Gasteiger partial charge in [0, 0.05) is 21.3 Å². The van der Waals surface area contributed by atoms with Crippen molar-refractivity contribution < 1.29 is 0 Å². The Hall–Kier alpha value is -0.810. The van der Waals surface area contributed by atoms with Crippen molar-refractivity contribution in [2.45, 2.75) is 6.54 Å². The van der Waals surface area contributed by atoms with Gasteiger partial charge in [-0.1, -0.05) is 23.7 Å². The topological polar surface area (TPSA) is 24.9 Å². The first kappa shape index (κ1) is 11.7. The summed E-state index contributed by atoms with van der Waals surface area (Å²) in [6.07, 6.45) is 1.83. The first-order valence-electron chi connectivity index (χ1n) is 4.84. The van der Waals surface area contributed by atoms with Crippen LogP contribution in [0.1, 0.15) is 5.56 Å². The van der Waals surface area contributed by atoms with E-state index in [1.54, 1.807) is 0 Å². The van der Waals surface area contributed by atoms with Crippen molar-refractivity contribution in [2.75, 3.05) is 5.32 Å². The predicted octanol–water partition coefficient (Wildman–Crippen LogP) is 3.95. The van der Waals surface area contributed by atoms with E-state index in [4.69, 9.17) is 11.6 Å². The molecule has 0 unspecified atom stereocenters. The maximum Gasteiger partial charge on any atom is 0.126 e. The fourth-order valence-electron chi connectivity index (χ4n) is 1.32. The summed E-state index contributed by atoms with van der Waals surface area (Å²) in [4.78, 5) is 4.26. The monoisotopic (exact) mass is 344 g/mol. The molecule has 0 bridgehead atoms. The summed E-state index contributed by atoms with van der Waals surface area (Å²) in [5.41, 5.74) is 1.15. The lowest BCUT2D eigenvalue weighted by molar-refractivity contribution is 1.11. The van der Waals surface area contributed by atoms with Crippen molar-refractivity contribution in [2.24, 2.45) is 0 Å². The zero-order chi connectivity index (χ0) is 11.4. The molecule has 2 rings (SSSR count).